The van der Waals surface area contributed by atoms with Crippen LogP contribution < -0.4 is 0 Å². The van der Waals surface area contributed by atoms with Gasteiger partial charge in [-0.25, -0.2) is 0 Å². The molecule has 1 N–H and O–H groups in total. The van der Waals surface area contributed by atoms with E-state index >= 15 is 0 Å². The van der Waals surface area contributed by atoms with Crippen LogP contribution in [0.5, 0.6) is 0 Å². The van der Waals surface area contributed by atoms with Crippen molar-refractivity contribution < 1.29 is 19.1 Å². The van der Waals surface area contributed by atoms with Gasteiger partial charge in [-0.3, -0.25) is 9.59 Å². The first-order valence-electron chi connectivity index (χ1n) is 7.31. The van der Waals surface area contributed by atoms with Gasteiger partial charge in [0, 0.05) is 26.1 Å². The van der Waals surface area contributed by atoms with Gasteiger partial charge in [0.2, 0.25) is 5.91 Å². The highest BCUT2D eigenvalue weighted by Crippen LogP contribution is 2.38. The van der Waals surface area contributed by atoms with Gasteiger partial charge in [-0.1, -0.05) is 0 Å². The van der Waals surface area contributed by atoms with Crippen LogP contribution in [0, 0.1) is 11.8 Å². The van der Waals surface area contributed by atoms with Crippen molar-refractivity contribution in [2.24, 2.45) is 11.8 Å². The first-order valence-corrected chi connectivity index (χ1v) is 7.31. The minimum Gasteiger partial charge on any atom is -0.459 e. The average Bonchev–Trinajstić information content (AvgIpc) is 3.16. The number of likely N-dealkylation sites (N-methyl/N-ethyl adjacent to an activating group) is 1. The number of likely N-dealkylation sites (tertiary alicyclic amines) is 1. The molecule has 2 heterocycles. The molecule has 1 aromatic rings. The van der Waals surface area contributed by atoms with Gasteiger partial charge in [0.05, 0.1) is 18.9 Å². The number of rotatable bonds is 3. The molecule has 0 bridgehead atoms. The fraction of sp³-hybridized carbons (Fsp3) is 0.600. The Kier molecular flexibility index (Phi) is 3.71. The van der Waals surface area contributed by atoms with Crippen molar-refractivity contribution in [3.05, 3.63) is 24.2 Å². The highest BCUT2D eigenvalue weighted by molar-refractivity contribution is 5.94. The van der Waals surface area contributed by atoms with Crippen LogP contribution in [0.4, 0.5) is 0 Å². The van der Waals surface area contributed by atoms with E-state index in [0.29, 0.717) is 19.0 Å². The van der Waals surface area contributed by atoms with Crippen molar-refractivity contribution >= 4 is 11.8 Å². The third-order valence-corrected chi connectivity index (χ3v) is 4.62. The zero-order chi connectivity index (χ0) is 15.0. The second kappa shape index (κ2) is 5.52. The number of aliphatic hydroxyl groups excluding tert-OH is 1. The third-order valence-electron chi connectivity index (χ3n) is 4.62. The number of aliphatic hydroxyl groups is 1. The van der Waals surface area contributed by atoms with Gasteiger partial charge in [-0.2, -0.15) is 0 Å². The largest absolute Gasteiger partial charge is 0.459 e. The summed E-state index contributed by atoms with van der Waals surface area (Å²) in [7, 11) is 1.59. The van der Waals surface area contributed by atoms with Crippen LogP contribution in [0.1, 0.15) is 23.4 Å². The molecule has 0 aromatic carbocycles. The summed E-state index contributed by atoms with van der Waals surface area (Å²) in [5.41, 5.74) is 0. The molecule has 3 atom stereocenters. The number of carbonyl (C=O) groups is 2. The third kappa shape index (κ3) is 2.68. The Hall–Kier alpha value is -1.82. The lowest BCUT2D eigenvalue weighted by atomic mass is 10.00. The van der Waals surface area contributed by atoms with Gasteiger partial charge in [0.15, 0.2) is 5.76 Å². The molecular weight excluding hydrogens is 272 g/mol. The van der Waals surface area contributed by atoms with E-state index in [1.807, 2.05) is 0 Å². The lowest BCUT2D eigenvalue weighted by Crippen LogP contribution is -2.40. The molecule has 3 rings (SSSR count). The summed E-state index contributed by atoms with van der Waals surface area (Å²) in [6.45, 7) is 1.34. The molecule has 3 unspecified atom stereocenters. The molecule has 1 saturated heterocycles. The second-order valence-corrected chi connectivity index (χ2v) is 6.01. The molecular formula is C15H20N2O4. The van der Waals surface area contributed by atoms with Gasteiger partial charge in [0.1, 0.15) is 0 Å². The first-order chi connectivity index (χ1) is 10.1. The minimum absolute atomic E-state index is 0.0368. The van der Waals surface area contributed by atoms with Crippen molar-refractivity contribution in [1.29, 1.82) is 0 Å². The number of furan rings is 1. The zero-order valence-corrected chi connectivity index (χ0v) is 12.1. The number of nitrogens with zero attached hydrogens (tertiary/aromatic N) is 2. The SMILES string of the molecule is CN(CC(=O)N1CC2CCC(O)C2C1)C(=O)c1ccco1. The number of amides is 2. The molecule has 6 nitrogen and oxygen atoms in total. The van der Waals surface area contributed by atoms with E-state index in [2.05, 4.69) is 0 Å². The van der Waals surface area contributed by atoms with Crippen LogP contribution in [0.15, 0.2) is 22.8 Å². The normalized spacial score (nSPS) is 27.7. The molecule has 1 saturated carbocycles. The van der Waals surface area contributed by atoms with E-state index in [0.717, 1.165) is 12.8 Å². The number of fused-ring (bicyclic) bond motifs is 1. The summed E-state index contributed by atoms with van der Waals surface area (Å²) in [4.78, 5) is 27.4. The maximum absolute atomic E-state index is 12.3. The summed E-state index contributed by atoms with van der Waals surface area (Å²) in [5.74, 6) is 0.487. The molecule has 114 valence electrons. The Morgan fingerprint density at radius 1 is 1.43 bits per heavy atom. The fourth-order valence-corrected chi connectivity index (χ4v) is 3.40. The maximum atomic E-state index is 12.3. The van der Waals surface area contributed by atoms with Crippen LogP contribution in [0.2, 0.25) is 0 Å². The van der Waals surface area contributed by atoms with Gasteiger partial charge in [0.25, 0.3) is 5.91 Å². The van der Waals surface area contributed by atoms with Crippen molar-refractivity contribution in [2.75, 3.05) is 26.7 Å². The molecule has 1 aliphatic carbocycles. The topological polar surface area (TPSA) is 74.0 Å². The van der Waals surface area contributed by atoms with E-state index in [4.69, 9.17) is 4.42 Å². The molecule has 21 heavy (non-hydrogen) atoms. The van der Waals surface area contributed by atoms with Crippen molar-refractivity contribution in [3.63, 3.8) is 0 Å². The smallest absolute Gasteiger partial charge is 0.289 e. The highest BCUT2D eigenvalue weighted by atomic mass is 16.3. The number of hydrogen-bond donors (Lipinski definition) is 1. The molecule has 6 heteroatoms. The van der Waals surface area contributed by atoms with Gasteiger partial charge < -0.3 is 19.3 Å². The van der Waals surface area contributed by atoms with Crippen LogP contribution >= 0.6 is 0 Å². The van der Waals surface area contributed by atoms with Crippen LogP contribution in [-0.2, 0) is 4.79 Å². The van der Waals surface area contributed by atoms with E-state index in [9.17, 15) is 14.7 Å². The van der Waals surface area contributed by atoms with Crippen molar-refractivity contribution in [3.8, 4) is 0 Å². The standard InChI is InChI=1S/C15H20N2O4/c1-16(15(20)13-3-2-6-21-13)9-14(19)17-7-10-4-5-12(18)11(10)8-17/h2-3,6,10-12,18H,4-5,7-9H2,1H3. The van der Waals surface area contributed by atoms with E-state index in [1.165, 1.54) is 11.2 Å². The quantitative estimate of drug-likeness (QED) is 0.884. The van der Waals surface area contributed by atoms with Crippen LogP contribution in [0.25, 0.3) is 0 Å². The molecule has 0 spiro atoms. The van der Waals surface area contributed by atoms with E-state index < -0.39 is 0 Å². The zero-order valence-electron chi connectivity index (χ0n) is 12.1. The van der Waals surface area contributed by atoms with Crippen molar-refractivity contribution in [1.82, 2.24) is 9.80 Å². The van der Waals surface area contributed by atoms with Crippen molar-refractivity contribution in [2.45, 2.75) is 18.9 Å². The maximum Gasteiger partial charge on any atom is 0.289 e. The number of carbonyl (C=O) groups excluding carboxylic acids is 2. The minimum atomic E-state index is -0.298. The summed E-state index contributed by atoms with van der Waals surface area (Å²) < 4.78 is 5.05. The Morgan fingerprint density at radius 2 is 2.24 bits per heavy atom. The summed E-state index contributed by atoms with van der Waals surface area (Å²) in [6, 6.07) is 3.23. The van der Waals surface area contributed by atoms with Gasteiger partial charge in [-0.15, -0.1) is 0 Å². The lowest BCUT2D eigenvalue weighted by molar-refractivity contribution is -0.131. The monoisotopic (exact) mass is 292 g/mol. The van der Waals surface area contributed by atoms with Gasteiger partial charge >= 0.3 is 0 Å². The Labute approximate surface area is 123 Å². The number of hydrogen-bond acceptors (Lipinski definition) is 4. The van der Waals surface area contributed by atoms with Crippen LogP contribution in [-0.4, -0.2) is 59.5 Å². The summed E-state index contributed by atoms with van der Waals surface area (Å²) in [5, 5.41) is 9.88. The highest BCUT2D eigenvalue weighted by Gasteiger charge is 2.43. The van der Waals surface area contributed by atoms with E-state index in [1.54, 1.807) is 24.1 Å². The molecule has 0 radical (unpaired) electrons. The summed E-state index contributed by atoms with van der Waals surface area (Å²) >= 11 is 0. The molecule has 1 aliphatic heterocycles. The van der Waals surface area contributed by atoms with E-state index in [-0.39, 0.29) is 36.1 Å². The molecule has 1 aromatic heterocycles. The Balaban J connectivity index is 1.56. The predicted octanol–water partition coefficient (Wildman–Crippen LogP) is 0.581. The Morgan fingerprint density at radius 3 is 2.90 bits per heavy atom. The molecule has 2 aliphatic rings. The second-order valence-electron chi connectivity index (χ2n) is 6.01. The van der Waals surface area contributed by atoms with Crippen LogP contribution in [0.3, 0.4) is 0 Å². The average molecular weight is 292 g/mol. The summed E-state index contributed by atoms with van der Waals surface area (Å²) in [6.07, 6.45) is 2.98. The Bertz CT molecular complexity index is 528. The lowest BCUT2D eigenvalue weighted by Gasteiger charge is -2.22. The first kappa shape index (κ1) is 14.1. The fourth-order valence-electron chi connectivity index (χ4n) is 3.40. The predicted molar refractivity (Wildman–Crippen MR) is 74.5 cm³/mol. The van der Waals surface area contributed by atoms with Gasteiger partial charge in [-0.05, 0) is 30.9 Å². The molecule has 2 amide bonds. The molecule has 2 fully saturated rings.